The van der Waals surface area contributed by atoms with Gasteiger partial charge in [0.1, 0.15) is 0 Å². The average molecular weight is 139 g/mol. The van der Waals surface area contributed by atoms with Gasteiger partial charge in [0.05, 0.1) is 0 Å². The Morgan fingerprint density at radius 3 is 2.10 bits per heavy atom. The van der Waals surface area contributed by atoms with Crippen molar-refractivity contribution >= 4 is 6.21 Å². The molecular weight excluding hydrogens is 122 g/mol. The van der Waals surface area contributed by atoms with Crippen molar-refractivity contribution in [1.29, 1.82) is 0 Å². The first-order valence-corrected chi connectivity index (χ1v) is 3.55. The molecule has 1 heteroatoms. The lowest BCUT2D eigenvalue weighted by Crippen LogP contribution is -1.61. The van der Waals surface area contributed by atoms with Gasteiger partial charge in [0.25, 0.3) is 0 Å². The molecule has 0 aliphatic rings. The molecule has 0 amide bonds. The third kappa shape index (κ3) is 15.7. The van der Waals surface area contributed by atoms with E-state index >= 15 is 0 Å². The summed E-state index contributed by atoms with van der Waals surface area (Å²) in [6.45, 7) is 11.5. The second-order valence-electron chi connectivity index (χ2n) is 1.74. The summed E-state index contributed by atoms with van der Waals surface area (Å²) in [6.07, 6.45) is 5.11. The minimum Gasteiger partial charge on any atom is -0.265 e. The third-order valence-electron chi connectivity index (χ3n) is 0.524. The van der Waals surface area contributed by atoms with E-state index in [2.05, 4.69) is 11.6 Å². The molecule has 58 valence electrons. The molecule has 0 heterocycles. The first-order chi connectivity index (χ1) is 4.77. The van der Waals surface area contributed by atoms with Crippen LogP contribution >= 0.6 is 0 Å². The van der Waals surface area contributed by atoms with Crippen LogP contribution in [-0.4, -0.2) is 6.21 Å². The molecule has 0 aromatic heterocycles. The molecule has 0 aliphatic carbocycles. The first kappa shape index (κ1) is 11.9. The highest BCUT2D eigenvalue weighted by molar-refractivity contribution is 5.70. The Balaban J connectivity index is 0. The van der Waals surface area contributed by atoms with Gasteiger partial charge in [-0.05, 0) is 13.8 Å². The monoisotopic (exact) mass is 139 g/mol. The Hall–Kier alpha value is -0.850. The van der Waals surface area contributed by atoms with Crippen molar-refractivity contribution in [1.82, 2.24) is 0 Å². The van der Waals surface area contributed by atoms with Gasteiger partial charge >= 0.3 is 0 Å². The minimum atomic E-state index is 1.20. The molecule has 0 atom stereocenters. The maximum atomic E-state index is 3.88. The third-order valence-corrected chi connectivity index (χ3v) is 0.524. The number of hydrogen-bond acceptors (Lipinski definition) is 1. The van der Waals surface area contributed by atoms with Gasteiger partial charge in [-0.1, -0.05) is 32.1 Å². The van der Waals surface area contributed by atoms with Crippen molar-refractivity contribution in [3.8, 4) is 0 Å². The summed E-state index contributed by atoms with van der Waals surface area (Å²) in [5.41, 5.74) is 1.20. The summed E-state index contributed by atoms with van der Waals surface area (Å²) in [5, 5.41) is 0. The molecule has 0 fully saturated rings. The van der Waals surface area contributed by atoms with Crippen LogP contribution in [0, 0.1) is 0 Å². The van der Waals surface area contributed by atoms with Crippen LogP contribution in [0.3, 0.4) is 0 Å². The van der Waals surface area contributed by atoms with Gasteiger partial charge in [0, 0.05) is 12.4 Å². The molecule has 0 aromatic carbocycles. The second-order valence-corrected chi connectivity index (χ2v) is 1.74. The molecule has 0 unspecified atom stereocenters. The van der Waals surface area contributed by atoms with E-state index in [0.717, 1.165) is 0 Å². The highest BCUT2D eigenvalue weighted by atomic mass is 14.7. The highest BCUT2D eigenvalue weighted by Gasteiger charge is 1.66. The van der Waals surface area contributed by atoms with Crippen LogP contribution in [0.5, 0.6) is 0 Å². The van der Waals surface area contributed by atoms with Crippen molar-refractivity contribution in [2.75, 3.05) is 0 Å². The summed E-state index contributed by atoms with van der Waals surface area (Å²) in [5.74, 6) is 0. The Labute approximate surface area is 64.2 Å². The highest BCUT2D eigenvalue weighted by Crippen LogP contribution is 1.86. The molecule has 0 rings (SSSR count). The Morgan fingerprint density at radius 1 is 1.30 bits per heavy atom. The van der Waals surface area contributed by atoms with Crippen LogP contribution < -0.4 is 0 Å². The Kier molecular flexibility index (Phi) is 13.1. The molecular formula is C9H17N. The topological polar surface area (TPSA) is 12.4 Å². The lowest BCUT2D eigenvalue weighted by molar-refractivity contribution is 1.34. The quantitative estimate of drug-likeness (QED) is 0.521. The maximum absolute atomic E-state index is 3.88. The molecule has 0 bridgehead atoms. The molecule has 0 radical (unpaired) electrons. The zero-order valence-corrected chi connectivity index (χ0v) is 7.39. The van der Waals surface area contributed by atoms with E-state index in [4.69, 9.17) is 0 Å². The lowest BCUT2D eigenvalue weighted by Gasteiger charge is -1.78. The fourth-order valence-corrected chi connectivity index (χ4v) is 0.253. The summed E-state index contributed by atoms with van der Waals surface area (Å²) in [6, 6.07) is 0. The smallest absolute Gasteiger partial charge is 0.0261 e. The number of nitrogens with zero attached hydrogens (tertiary/aromatic N) is 1. The zero-order valence-electron chi connectivity index (χ0n) is 7.39. The number of aliphatic imine (C=N–C) groups is 1. The molecule has 0 spiro atoms. The normalized spacial score (nSPS) is 8.00. The summed E-state index contributed by atoms with van der Waals surface area (Å²) >= 11 is 0. The van der Waals surface area contributed by atoms with E-state index in [0.29, 0.717) is 0 Å². The largest absolute Gasteiger partial charge is 0.265 e. The fourth-order valence-electron chi connectivity index (χ4n) is 0.253. The van der Waals surface area contributed by atoms with E-state index in [1.807, 2.05) is 27.7 Å². The van der Waals surface area contributed by atoms with Crippen LogP contribution in [0.25, 0.3) is 0 Å². The first-order valence-electron chi connectivity index (χ1n) is 3.55. The summed E-state index contributed by atoms with van der Waals surface area (Å²) in [7, 11) is 0. The van der Waals surface area contributed by atoms with E-state index in [1.165, 1.54) is 5.57 Å². The van der Waals surface area contributed by atoms with Gasteiger partial charge in [-0.15, -0.1) is 0 Å². The predicted molar refractivity (Wildman–Crippen MR) is 49.5 cm³/mol. The van der Waals surface area contributed by atoms with Gasteiger partial charge in [-0.2, -0.15) is 0 Å². The van der Waals surface area contributed by atoms with Gasteiger partial charge in [0.2, 0.25) is 0 Å². The summed E-state index contributed by atoms with van der Waals surface area (Å²) < 4.78 is 0. The number of allylic oxidation sites excluding steroid dienone is 2. The van der Waals surface area contributed by atoms with Gasteiger partial charge in [-0.25, -0.2) is 0 Å². The molecule has 0 N–H and O–H groups in total. The fraction of sp³-hybridized carbons (Fsp3) is 0.444. The van der Waals surface area contributed by atoms with E-state index < -0.39 is 0 Å². The van der Waals surface area contributed by atoms with Crippen LogP contribution in [0.2, 0.25) is 0 Å². The van der Waals surface area contributed by atoms with E-state index in [-0.39, 0.29) is 0 Å². The van der Waals surface area contributed by atoms with Crippen LogP contribution in [0.4, 0.5) is 0 Å². The van der Waals surface area contributed by atoms with Crippen molar-refractivity contribution in [2.24, 2.45) is 4.99 Å². The zero-order chi connectivity index (χ0) is 8.41. The predicted octanol–water partition coefficient (Wildman–Crippen LogP) is 3.19. The number of hydrogen-bond donors (Lipinski definition) is 0. The van der Waals surface area contributed by atoms with Crippen LogP contribution in [-0.2, 0) is 0 Å². The van der Waals surface area contributed by atoms with Crippen molar-refractivity contribution < 1.29 is 0 Å². The summed E-state index contributed by atoms with van der Waals surface area (Å²) in [4.78, 5) is 3.88. The van der Waals surface area contributed by atoms with Gasteiger partial charge in [-0.3, -0.25) is 4.99 Å². The van der Waals surface area contributed by atoms with Crippen molar-refractivity contribution in [2.45, 2.75) is 27.7 Å². The van der Waals surface area contributed by atoms with Crippen LogP contribution in [0.1, 0.15) is 27.7 Å². The standard InChI is InChI=1S/C7H11N.C2H6/c1-4-5-8-6-7(2)3;1-2/h4-6H,1H2,2-3H3;1-2H3. The van der Waals surface area contributed by atoms with E-state index in [1.54, 1.807) is 18.5 Å². The Bertz CT molecular complexity index is 117. The maximum Gasteiger partial charge on any atom is 0.0261 e. The average Bonchev–Trinajstić information content (AvgIpc) is 1.92. The van der Waals surface area contributed by atoms with E-state index in [9.17, 15) is 0 Å². The molecule has 0 aromatic rings. The molecule has 10 heavy (non-hydrogen) atoms. The number of rotatable bonds is 2. The Morgan fingerprint density at radius 2 is 1.80 bits per heavy atom. The lowest BCUT2D eigenvalue weighted by atomic mass is 10.4. The van der Waals surface area contributed by atoms with Crippen LogP contribution in [0.15, 0.2) is 29.4 Å². The van der Waals surface area contributed by atoms with Gasteiger partial charge in [0.15, 0.2) is 0 Å². The minimum absolute atomic E-state index is 1.20. The molecule has 1 nitrogen and oxygen atoms in total. The molecule has 0 saturated carbocycles. The SMILES string of the molecule is C=CC=NC=C(C)C.CC. The van der Waals surface area contributed by atoms with Crippen molar-refractivity contribution in [3.63, 3.8) is 0 Å². The molecule has 0 saturated heterocycles. The molecule has 0 aliphatic heterocycles. The second kappa shape index (κ2) is 11.0. The van der Waals surface area contributed by atoms with Gasteiger partial charge < -0.3 is 0 Å². The van der Waals surface area contributed by atoms with Crippen molar-refractivity contribution in [3.05, 3.63) is 24.4 Å².